The molecule has 0 atom stereocenters. The smallest absolute Gasteiger partial charge is 0.253 e. The Bertz CT molecular complexity index is 639. The van der Waals surface area contributed by atoms with Crippen LogP contribution in [-0.4, -0.2) is 35.3 Å². The number of hydrogen-bond donors (Lipinski definition) is 1. The minimum absolute atomic E-state index is 0.00795. The van der Waals surface area contributed by atoms with Crippen LogP contribution in [0.1, 0.15) is 64.2 Å². The number of amides is 2. The molecule has 0 saturated carbocycles. The quantitative estimate of drug-likeness (QED) is 0.837. The minimum atomic E-state index is -0.231. The number of hydrogen-bond acceptors (Lipinski definition) is 2. The zero-order chi connectivity index (χ0) is 19.5. The van der Waals surface area contributed by atoms with E-state index in [1.54, 1.807) is 24.3 Å². The highest BCUT2D eigenvalue weighted by Gasteiger charge is 2.32. The Morgan fingerprint density at radius 1 is 1.08 bits per heavy atom. The largest absolute Gasteiger partial charge is 0.351 e. The summed E-state index contributed by atoms with van der Waals surface area (Å²) in [5, 5.41) is 3.83. The zero-order valence-electron chi connectivity index (χ0n) is 16.6. The molecule has 0 aromatic heterocycles. The highest BCUT2D eigenvalue weighted by molar-refractivity contribution is 6.30. The van der Waals surface area contributed by atoms with Crippen molar-refractivity contribution in [3.8, 4) is 0 Å². The SMILES string of the molecule is CC(C)(C)CC(C)(C)NC(=O)C1CCN(C(=O)c2ccc(Cl)cc2)CC1. The van der Waals surface area contributed by atoms with Gasteiger partial charge in [-0.2, -0.15) is 0 Å². The first kappa shape index (κ1) is 20.8. The summed E-state index contributed by atoms with van der Waals surface area (Å²) in [5.74, 6) is 0.0925. The van der Waals surface area contributed by atoms with Crippen molar-refractivity contribution in [2.24, 2.45) is 11.3 Å². The molecule has 5 heteroatoms. The third-order valence-corrected chi connectivity index (χ3v) is 4.93. The highest BCUT2D eigenvalue weighted by Crippen LogP contribution is 2.28. The van der Waals surface area contributed by atoms with Crippen LogP contribution in [0.4, 0.5) is 0 Å². The van der Waals surface area contributed by atoms with Crippen LogP contribution in [0.3, 0.4) is 0 Å². The molecule has 1 aromatic rings. The van der Waals surface area contributed by atoms with E-state index in [9.17, 15) is 9.59 Å². The zero-order valence-corrected chi connectivity index (χ0v) is 17.3. The summed E-state index contributed by atoms with van der Waals surface area (Å²) in [6.45, 7) is 11.9. The lowest BCUT2D eigenvalue weighted by atomic mass is 9.81. The number of carbonyl (C=O) groups excluding carboxylic acids is 2. The van der Waals surface area contributed by atoms with Crippen molar-refractivity contribution >= 4 is 23.4 Å². The molecule has 1 fully saturated rings. The van der Waals surface area contributed by atoms with E-state index in [0.717, 1.165) is 6.42 Å². The van der Waals surface area contributed by atoms with E-state index in [-0.39, 0.29) is 28.7 Å². The van der Waals surface area contributed by atoms with Crippen molar-refractivity contribution in [2.75, 3.05) is 13.1 Å². The molecular weight excluding hydrogens is 348 g/mol. The Hall–Kier alpha value is -1.55. The normalized spacial score (nSPS) is 16.5. The van der Waals surface area contributed by atoms with E-state index in [1.807, 2.05) is 4.90 Å². The van der Waals surface area contributed by atoms with Gasteiger partial charge in [0.25, 0.3) is 5.91 Å². The third kappa shape index (κ3) is 6.01. The van der Waals surface area contributed by atoms with E-state index in [0.29, 0.717) is 36.5 Å². The summed E-state index contributed by atoms with van der Waals surface area (Å²) in [6.07, 6.45) is 2.33. The lowest BCUT2D eigenvalue weighted by Crippen LogP contribution is -2.50. The maximum absolute atomic E-state index is 12.7. The van der Waals surface area contributed by atoms with Crippen molar-refractivity contribution in [3.05, 3.63) is 34.9 Å². The molecule has 0 spiro atoms. The molecule has 2 amide bonds. The second-order valence-corrected chi connectivity index (χ2v) is 9.62. The average Bonchev–Trinajstić information content (AvgIpc) is 2.52. The summed E-state index contributed by atoms with van der Waals surface area (Å²) in [7, 11) is 0. The second-order valence-electron chi connectivity index (χ2n) is 9.18. The number of nitrogens with zero attached hydrogens (tertiary/aromatic N) is 1. The Kier molecular flexibility index (Phi) is 6.38. The first-order valence-corrected chi connectivity index (χ1v) is 9.71. The molecule has 1 aliphatic rings. The molecule has 4 nitrogen and oxygen atoms in total. The van der Waals surface area contributed by atoms with Crippen molar-refractivity contribution in [1.82, 2.24) is 10.2 Å². The third-order valence-electron chi connectivity index (χ3n) is 4.68. The van der Waals surface area contributed by atoms with Crippen LogP contribution < -0.4 is 5.32 Å². The molecule has 1 N–H and O–H groups in total. The molecule has 1 heterocycles. The maximum Gasteiger partial charge on any atom is 0.253 e. The molecule has 0 aliphatic carbocycles. The predicted molar refractivity (Wildman–Crippen MR) is 106 cm³/mol. The van der Waals surface area contributed by atoms with Gasteiger partial charge in [-0.1, -0.05) is 32.4 Å². The summed E-state index contributed by atoms with van der Waals surface area (Å²) in [5.41, 5.74) is 0.570. The van der Waals surface area contributed by atoms with Gasteiger partial charge in [-0.25, -0.2) is 0 Å². The summed E-state index contributed by atoms with van der Waals surface area (Å²) >= 11 is 5.88. The van der Waals surface area contributed by atoms with Gasteiger partial charge < -0.3 is 10.2 Å². The molecule has 0 bridgehead atoms. The molecule has 144 valence electrons. The van der Waals surface area contributed by atoms with E-state index in [2.05, 4.69) is 39.9 Å². The van der Waals surface area contributed by atoms with E-state index in [4.69, 9.17) is 11.6 Å². The van der Waals surface area contributed by atoms with E-state index < -0.39 is 0 Å². The Morgan fingerprint density at radius 2 is 1.62 bits per heavy atom. The summed E-state index contributed by atoms with van der Waals surface area (Å²) in [4.78, 5) is 27.0. The van der Waals surface area contributed by atoms with Crippen LogP contribution in [0, 0.1) is 11.3 Å². The first-order valence-electron chi connectivity index (χ1n) is 9.34. The molecule has 1 saturated heterocycles. The second kappa shape index (κ2) is 7.99. The number of carbonyl (C=O) groups is 2. The van der Waals surface area contributed by atoms with Crippen LogP contribution in [0.25, 0.3) is 0 Å². The number of piperidine rings is 1. The van der Waals surface area contributed by atoms with Gasteiger partial charge in [-0.3, -0.25) is 9.59 Å². The fraction of sp³-hybridized carbons (Fsp3) is 0.619. The fourth-order valence-electron chi connectivity index (χ4n) is 3.93. The van der Waals surface area contributed by atoms with Gasteiger partial charge >= 0.3 is 0 Å². The van der Waals surface area contributed by atoms with Crippen LogP contribution in [-0.2, 0) is 4.79 Å². The number of nitrogens with one attached hydrogen (secondary N) is 1. The van der Waals surface area contributed by atoms with Gasteiger partial charge in [0.05, 0.1) is 0 Å². The fourth-order valence-corrected chi connectivity index (χ4v) is 4.05. The van der Waals surface area contributed by atoms with E-state index in [1.165, 1.54) is 0 Å². The van der Waals surface area contributed by atoms with Crippen LogP contribution in [0.5, 0.6) is 0 Å². The molecule has 1 aromatic carbocycles. The van der Waals surface area contributed by atoms with E-state index >= 15 is 0 Å². The lowest BCUT2D eigenvalue weighted by molar-refractivity contribution is -0.128. The van der Waals surface area contributed by atoms with Gasteiger partial charge in [0.2, 0.25) is 5.91 Å². The number of halogens is 1. The molecule has 26 heavy (non-hydrogen) atoms. The molecular formula is C21H31ClN2O2. The standard InChI is InChI=1S/C21H31ClN2O2/c1-20(2,3)14-21(4,5)23-18(25)15-10-12-24(13-11-15)19(26)16-6-8-17(22)9-7-16/h6-9,15H,10-14H2,1-5H3,(H,23,25). The van der Waals surface area contributed by atoms with Gasteiger partial charge in [0.1, 0.15) is 0 Å². The number of benzene rings is 1. The Labute approximate surface area is 162 Å². The van der Waals surface area contributed by atoms with Crippen LogP contribution in [0.15, 0.2) is 24.3 Å². The first-order chi connectivity index (χ1) is 12.0. The van der Waals surface area contributed by atoms with Gasteiger partial charge in [0, 0.05) is 35.1 Å². The number of likely N-dealkylation sites (tertiary alicyclic amines) is 1. The van der Waals surface area contributed by atoms with Crippen LogP contribution in [0.2, 0.25) is 5.02 Å². The average molecular weight is 379 g/mol. The van der Waals surface area contributed by atoms with Gasteiger partial charge in [-0.15, -0.1) is 0 Å². The highest BCUT2D eigenvalue weighted by atomic mass is 35.5. The van der Waals surface area contributed by atoms with Crippen LogP contribution >= 0.6 is 11.6 Å². The van der Waals surface area contributed by atoms with Gasteiger partial charge in [0.15, 0.2) is 0 Å². The minimum Gasteiger partial charge on any atom is -0.351 e. The van der Waals surface area contributed by atoms with Crippen molar-refractivity contribution in [3.63, 3.8) is 0 Å². The predicted octanol–water partition coefficient (Wildman–Crippen LogP) is 4.52. The maximum atomic E-state index is 12.7. The van der Waals surface area contributed by atoms with Gasteiger partial charge in [-0.05, 0) is 62.8 Å². The molecule has 0 radical (unpaired) electrons. The topological polar surface area (TPSA) is 49.4 Å². The lowest BCUT2D eigenvalue weighted by Gasteiger charge is -2.36. The molecule has 0 unspecified atom stereocenters. The molecule has 2 rings (SSSR count). The van der Waals surface area contributed by atoms with Crippen molar-refractivity contribution in [2.45, 2.75) is 59.4 Å². The monoisotopic (exact) mass is 378 g/mol. The number of rotatable bonds is 4. The molecule has 1 aliphatic heterocycles. The van der Waals surface area contributed by atoms with Crippen molar-refractivity contribution < 1.29 is 9.59 Å². The van der Waals surface area contributed by atoms with Crippen molar-refractivity contribution in [1.29, 1.82) is 0 Å². The Balaban J connectivity index is 1.88. The summed E-state index contributed by atoms with van der Waals surface area (Å²) in [6, 6.07) is 6.95. The Morgan fingerprint density at radius 3 is 2.12 bits per heavy atom. The summed E-state index contributed by atoms with van der Waals surface area (Å²) < 4.78 is 0.